The van der Waals surface area contributed by atoms with Gasteiger partial charge in [0.25, 0.3) is 0 Å². The predicted octanol–water partition coefficient (Wildman–Crippen LogP) is 2.43. The highest BCUT2D eigenvalue weighted by Gasteiger charge is 2.24. The molecule has 1 aliphatic heterocycles. The van der Waals surface area contributed by atoms with Crippen LogP contribution < -0.4 is 4.74 Å². The number of benzene rings is 1. The maximum atomic E-state index is 12.1. The van der Waals surface area contributed by atoms with Crippen LogP contribution in [0.1, 0.15) is 25.5 Å². The van der Waals surface area contributed by atoms with E-state index < -0.39 is 12.7 Å². The Morgan fingerprint density at radius 2 is 1.81 bits per heavy atom. The summed E-state index contributed by atoms with van der Waals surface area (Å²) in [5.74, 6) is 0.0922. The molecular formula is C15H21F2NO3. The molecule has 1 fully saturated rings. The number of halogens is 2. The van der Waals surface area contributed by atoms with Gasteiger partial charge in [0.2, 0.25) is 0 Å². The highest BCUT2D eigenvalue weighted by Crippen LogP contribution is 2.21. The van der Waals surface area contributed by atoms with Crippen molar-refractivity contribution in [2.45, 2.75) is 38.8 Å². The minimum absolute atomic E-state index is 0.0922. The summed E-state index contributed by atoms with van der Waals surface area (Å²) < 4.78 is 34.1. The van der Waals surface area contributed by atoms with Crippen molar-refractivity contribution in [2.24, 2.45) is 0 Å². The SMILES string of the molecule is CC1CN(CC(O)c2ccc(OC(F)F)cc2)CC(C)O1. The molecule has 1 saturated heterocycles. The Balaban J connectivity index is 1.92. The highest BCUT2D eigenvalue weighted by atomic mass is 19.3. The van der Waals surface area contributed by atoms with Gasteiger partial charge in [-0.25, -0.2) is 0 Å². The van der Waals surface area contributed by atoms with E-state index in [1.54, 1.807) is 12.1 Å². The first kappa shape index (κ1) is 16.1. The van der Waals surface area contributed by atoms with Gasteiger partial charge in [0.05, 0.1) is 18.3 Å². The molecule has 1 N–H and O–H groups in total. The first-order valence-electron chi connectivity index (χ1n) is 7.04. The van der Waals surface area contributed by atoms with Crippen molar-refractivity contribution in [3.05, 3.63) is 29.8 Å². The molecular weight excluding hydrogens is 280 g/mol. The maximum Gasteiger partial charge on any atom is 0.387 e. The molecule has 2 rings (SSSR count). The minimum atomic E-state index is -2.84. The fraction of sp³-hybridized carbons (Fsp3) is 0.600. The summed E-state index contributed by atoms with van der Waals surface area (Å²) in [6, 6.07) is 6.09. The van der Waals surface area contributed by atoms with Gasteiger partial charge in [-0.3, -0.25) is 4.90 Å². The van der Waals surface area contributed by atoms with Crippen LogP contribution in [0.25, 0.3) is 0 Å². The van der Waals surface area contributed by atoms with Gasteiger partial charge in [-0.2, -0.15) is 8.78 Å². The summed E-state index contributed by atoms with van der Waals surface area (Å²) in [6.07, 6.45) is -0.381. The van der Waals surface area contributed by atoms with Gasteiger partial charge in [0, 0.05) is 19.6 Å². The Morgan fingerprint density at radius 3 is 2.33 bits per heavy atom. The molecule has 0 radical (unpaired) electrons. The molecule has 3 atom stereocenters. The molecule has 1 aromatic carbocycles. The van der Waals surface area contributed by atoms with E-state index >= 15 is 0 Å². The summed E-state index contributed by atoms with van der Waals surface area (Å²) in [5.41, 5.74) is 0.684. The third-order valence-corrected chi connectivity index (χ3v) is 3.42. The van der Waals surface area contributed by atoms with Crippen molar-refractivity contribution in [1.82, 2.24) is 4.90 Å². The zero-order valence-electron chi connectivity index (χ0n) is 12.2. The number of aliphatic hydroxyl groups is 1. The lowest BCUT2D eigenvalue weighted by Gasteiger charge is -2.36. The lowest BCUT2D eigenvalue weighted by Crippen LogP contribution is -2.46. The zero-order chi connectivity index (χ0) is 15.4. The van der Waals surface area contributed by atoms with E-state index in [9.17, 15) is 13.9 Å². The fourth-order valence-electron chi connectivity index (χ4n) is 2.65. The van der Waals surface area contributed by atoms with E-state index in [1.807, 2.05) is 13.8 Å². The molecule has 21 heavy (non-hydrogen) atoms. The second-order valence-corrected chi connectivity index (χ2v) is 5.44. The molecule has 4 nitrogen and oxygen atoms in total. The molecule has 0 aliphatic carbocycles. The Hall–Kier alpha value is -1.24. The van der Waals surface area contributed by atoms with E-state index in [4.69, 9.17) is 4.74 Å². The summed E-state index contributed by atoms with van der Waals surface area (Å²) in [4.78, 5) is 2.15. The molecule has 6 heteroatoms. The first-order valence-corrected chi connectivity index (χ1v) is 7.04. The average Bonchev–Trinajstić information content (AvgIpc) is 2.37. The van der Waals surface area contributed by atoms with Gasteiger partial charge in [-0.05, 0) is 31.5 Å². The largest absolute Gasteiger partial charge is 0.435 e. The average molecular weight is 301 g/mol. The van der Waals surface area contributed by atoms with E-state index in [2.05, 4.69) is 9.64 Å². The Morgan fingerprint density at radius 1 is 1.24 bits per heavy atom. The fourth-order valence-corrected chi connectivity index (χ4v) is 2.65. The van der Waals surface area contributed by atoms with E-state index in [0.29, 0.717) is 12.1 Å². The van der Waals surface area contributed by atoms with E-state index in [1.165, 1.54) is 12.1 Å². The zero-order valence-corrected chi connectivity index (χ0v) is 12.2. The third-order valence-electron chi connectivity index (χ3n) is 3.42. The topological polar surface area (TPSA) is 41.9 Å². The van der Waals surface area contributed by atoms with Crippen LogP contribution in [0.5, 0.6) is 5.75 Å². The monoisotopic (exact) mass is 301 g/mol. The standard InChI is InChI=1S/C15H21F2NO3/c1-10-7-18(8-11(2)20-10)9-14(19)12-3-5-13(6-4-12)21-15(16)17/h3-6,10-11,14-15,19H,7-9H2,1-2H3. The number of rotatable bonds is 5. The van der Waals surface area contributed by atoms with Crippen molar-refractivity contribution in [2.75, 3.05) is 19.6 Å². The summed E-state index contributed by atoms with van der Waals surface area (Å²) in [7, 11) is 0. The second kappa shape index (κ2) is 7.15. The van der Waals surface area contributed by atoms with Crippen LogP contribution in [0.15, 0.2) is 24.3 Å². The van der Waals surface area contributed by atoms with Gasteiger partial charge >= 0.3 is 6.61 Å². The van der Waals surface area contributed by atoms with Gasteiger partial charge in [0.1, 0.15) is 5.75 Å². The van der Waals surface area contributed by atoms with Crippen molar-refractivity contribution >= 4 is 0 Å². The van der Waals surface area contributed by atoms with Gasteiger partial charge in [-0.1, -0.05) is 12.1 Å². The number of aliphatic hydroxyl groups excluding tert-OH is 1. The quantitative estimate of drug-likeness (QED) is 0.907. The molecule has 1 heterocycles. The Bertz CT molecular complexity index is 431. The number of ether oxygens (including phenoxy) is 2. The minimum Gasteiger partial charge on any atom is -0.435 e. The normalized spacial score (nSPS) is 25.0. The maximum absolute atomic E-state index is 12.1. The summed E-state index contributed by atoms with van der Waals surface area (Å²) in [5, 5.41) is 10.2. The number of β-amino-alcohol motifs (C(OH)–C–C–N with tert-alkyl or cyclic N) is 1. The molecule has 0 saturated carbocycles. The van der Waals surface area contributed by atoms with Crippen LogP contribution in [0.2, 0.25) is 0 Å². The molecule has 1 aliphatic rings. The third kappa shape index (κ3) is 4.91. The van der Waals surface area contributed by atoms with Crippen LogP contribution in [-0.2, 0) is 4.74 Å². The first-order chi connectivity index (χ1) is 9.94. The Labute approximate surface area is 123 Å². The molecule has 0 bridgehead atoms. The number of nitrogens with zero attached hydrogens (tertiary/aromatic N) is 1. The van der Waals surface area contributed by atoms with E-state index in [-0.39, 0.29) is 18.0 Å². The van der Waals surface area contributed by atoms with Crippen LogP contribution in [-0.4, -0.2) is 48.5 Å². The van der Waals surface area contributed by atoms with Crippen LogP contribution in [0, 0.1) is 0 Å². The van der Waals surface area contributed by atoms with Gasteiger partial charge in [-0.15, -0.1) is 0 Å². The van der Waals surface area contributed by atoms with Gasteiger partial charge in [0.15, 0.2) is 0 Å². The van der Waals surface area contributed by atoms with Crippen molar-refractivity contribution in [3.8, 4) is 5.75 Å². The highest BCUT2D eigenvalue weighted by molar-refractivity contribution is 5.28. The number of hydrogen-bond acceptors (Lipinski definition) is 4. The Kier molecular flexibility index (Phi) is 5.50. The number of alkyl halides is 2. The van der Waals surface area contributed by atoms with Crippen LogP contribution in [0.3, 0.4) is 0 Å². The van der Waals surface area contributed by atoms with Crippen LogP contribution >= 0.6 is 0 Å². The van der Waals surface area contributed by atoms with Gasteiger partial charge < -0.3 is 14.6 Å². The molecule has 118 valence electrons. The predicted molar refractivity (Wildman–Crippen MR) is 74.5 cm³/mol. The summed E-state index contributed by atoms with van der Waals surface area (Å²) in [6.45, 7) is 3.21. The second-order valence-electron chi connectivity index (χ2n) is 5.44. The molecule has 1 aromatic rings. The molecule has 0 spiro atoms. The lowest BCUT2D eigenvalue weighted by atomic mass is 10.1. The van der Waals surface area contributed by atoms with Crippen LogP contribution in [0.4, 0.5) is 8.78 Å². The lowest BCUT2D eigenvalue weighted by molar-refractivity contribution is -0.0767. The van der Waals surface area contributed by atoms with E-state index in [0.717, 1.165) is 13.1 Å². The summed E-state index contributed by atoms with van der Waals surface area (Å²) >= 11 is 0. The molecule has 3 unspecified atom stereocenters. The molecule has 0 amide bonds. The van der Waals surface area contributed by atoms with Crippen molar-refractivity contribution in [1.29, 1.82) is 0 Å². The molecule has 0 aromatic heterocycles. The van der Waals surface area contributed by atoms with Crippen molar-refractivity contribution < 1.29 is 23.4 Å². The smallest absolute Gasteiger partial charge is 0.387 e. The number of morpholine rings is 1. The van der Waals surface area contributed by atoms with Crippen molar-refractivity contribution in [3.63, 3.8) is 0 Å². The number of hydrogen-bond donors (Lipinski definition) is 1.